The van der Waals surface area contributed by atoms with Crippen LogP contribution < -0.4 is 10.1 Å². The summed E-state index contributed by atoms with van der Waals surface area (Å²) in [6.07, 6.45) is 1.51. The summed E-state index contributed by atoms with van der Waals surface area (Å²) >= 11 is 0. The molecule has 1 aromatic heterocycles. The smallest absolute Gasteiger partial charge is 0.408 e. The number of benzene rings is 3. The molecule has 0 saturated carbocycles. The van der Waals surface area contributed by atoms with E-state index < -0.39 is 15.8 Å². The number of oxazole rings is 1. The molecule has 5 rings (SSSR count). The number of fused-ring (bicyclic) bond motifs is 3. The van der Waals surface area contributed by atoms with Crippen molar-refractivity contribution in [1.29, 1.82) is 0 Å². The number of H-pyrrole nitrogens is 1. The number of sulfonamides is 1. The highest BCUT2D eigenvalue weighted by atomic mass is 32.2. The Labute approximate surface area is 161 Å². The van der Waals surface area contributed by atoms with Gasteiger partial charge < -0.3 is 4.42 Å². The molecule has 1 aliphatic rings. The van der Waals surface area contributed by atoms with Gasteiger partial charge in [0.05, 0.1) is 21.8 Å². The van der Waals surface area contributed by atoms with Gasteiger partial charge in [-0.25, -0.2) is 17.5 Å². The molecule has 0 spiro atoms. The lowest BCUT2D eigenvalue weighted by Crippen LogP contribution is -2.27. The molecule has 140 valence electrons. The molecule has 0 unspecified atom stereocenters. The number of hydrogen-bond donors (Lipinski definition) is 1. The maximum atomic E-state index is 13.7. The summed E-state index contributed by atoms with van der Waals surface area (Å²) < 4.78 is 33.9. The van der Waals surface area contributed by atoms with Gasteiger partial charge in [0.2, 0.25) is 0 Å². The Morgan fingerprint density at radius 3 is 2.11 bits per heavy atom. The molecule has 0 amide bonds. The molecule has 0 aliphatic carbocycles. The highest BCUT2D eigenvalue weighted by Gasteiger charge is 2.32. The largest absolute Gasteiger partial charge is 0.417 e. The molecule has 1 aliphatic heterocycles. The number of para-hydroxylation sites is 2. The molecule has 0 radical (unpaired) electrons. The number of aromatic amines is 1. The van der Waals surface area contributed by atoms with Crippen LogP contribution in [0.3, 0.4) is 0 Å². The van der Waals surface area contributed by atoms with Crippen molar-refractivity contribution in [2.45, 2.75) is 17.7 Å². The summed E-state index contributed by atoms with van der Waals surface area (Å²) in [6, 6.07) is 19.5. The Bertz CT molecular complexity index is 1320. The summed E-state index contributed by atoms with van der Waals surface area (Å²) in [5.74, 6) is -0.616. The third-order valence-corrected chi connectivity index (χ3v) is 6.74. The number of anilines is 2. The Hall–Kier alpha value is -3.32. The second-order valence-electron chi connectivity index (χ2n) is 6.70. The molecular weight excluding hydrogens is 376 g/mol. The first-order chi connectivity index (χ1) is 13.5. The fourth-order valence-corrected chi connectivity index (χ4v) is 5.27. The van der Waals surface area contributed by atoms with Crippen molar-refractivity contribution in [3.63, 3.8) is 0 Å². The molecule has 0 fully saturated rings. The zero-order chi connectivity index (χ0) is 19.3. The quantitative estimate of drug-likeness (QED) is 0.563. The van der Waals surface area contributed by atoms with Crippen LogP contribution in [0.4, 0.5) is 11.4 Å². The van der Waals surface area contributed by atoms with Gasteiger partial charge in [-0.15, -0.1) is 0 Å². The highest BCUT2D eigenvalue weighted by Crippen LogP contribution is 2.40. The average molecular weight is 392 g/mol. The van der Waals surface area contributed by atoms with Crippen molar-refractivity contribution in [3.05, 3.63) is 88.4 Å². The predicted molar refractivity (Wildman–Crippen MR) is 106 cm³/mol. The fraction of sp³-hybridized carbons (Fsp3) is 0.0952. The molecule has 3 aromatic carbocycles. The minimum atomic E-state index is -3.94. The number of aryl methyl sites for hydroxylation is 2. The van der Waals surface area contributed by atoms with Crippen LogP contribution in [0.15, 0.2) is 80.8 Å². The van der Waals surface area contributed by atoms with E-state index in [9.17, 15) is 13.2 Å². The maximum Gasteiger partial charge on any atom is 0.417 e. The first kappa shape index (κ1) is 16.8. The van der Waals surface area contributed by atoms with Crippen LogP contribution in [0.2, 0.25) is 0 Å². The zero-order valence-electron chi connectivity index (χ0n) is 14.8. The van der Waals surface area contributed by atoms with Crippen LogP contribution in [0, 0.1) is 0 Å². The third-order valence-electron chi connectivity index (χ3n) is 5.02. The Morgan fingerprint density at radius 1 is 0.857 bits per heavy atom. The van der Waals surface area contributed by atoms with Crippen LogP contribution in [0.5, 0.6) is 0 Å². The van der Waals surface area contributed by atoms with E-state index in [1.54, 1.807) is 6.07 Å². The third kappa shape index (κ3) is 2.55. The second kappa shape index (κ2) is 6.10. The molecule has 6 nitrogen and oxygen atoms in total. The molecular formula is C21H16N2O4S. The fourth-order valence-electron chi connectivity index (χ4n) is 3.69. The van der Waals surface area contributed by atoms with Gasteiger partial charge >= 0.3 is 5.76 Å². The Balaban J connectivity index is 1.77. The van der Waals surface area contributed by atoms with E-state index in [1.165, 1.54) is 16.4 Å². The van der Waals surface area contributed by atoms with Gasteiger partial charge in [0.15, 0.2) is 5.58 Å². The minimum absolute atomic E-state index is 0.0641. The van der Waals surface area contributed by atoms with E-state index in [1.807, 2.05) is 48.5 Å². The summed E-state index contributed by atoms with van der Waals surface area (Å²) in [4.78, 5) is 14.0. The number of nitrogens with one attached hydrogen (secondary N) is 1. The van der Waals surface area contributed by atoms with Gasteiger partial charge in [-0.1, -0.05) is 36.4 Å². The molecule has 0 atom stereocenters. The van der Waals surface area contributed by atoms with Crippen molar-refractivity contribution in [1.82, 2.24) is 4.98 Å². The average Bonchev–Trinajstić information content (AvgIpc) is 2.97. The number of aromatic nitrogens is 1. The molecule has 7 heteroatoms. The molecule has 2 heterocycles. The van der Waals surface area contributed by atoms with Gasteiger partial charge in [0, 0.05) is 6.07 Å². The van der Waals surface area contributed by atoms with E-state index in [0.29, 0.717) is 16.9 Å². The second-order valence-corrected chi connectivity index (χ2v) is 8.49. The SMILES string of the molecule is O=c1[nH]c2ccc(S(=O)(=O)N3c4ccccc4CCc4ccccc43)cc2o1. The van der Waals surface area contributed by atoms with Crippen molar-refractivity contribution >= 4 is 32.5 Å². The van der Waals surface area contributed by atoms with E-state index in [-0.39, 0.29) is 10.5 Å². The Kier molecular flexibility index (Phi) is 3.67. The summed E-state index contributed by atoms with van der Waals surface area (Å²) in [5.41, 5.74) is 3.89. The number of hydrogen-bond acceptors (Lipinski definition) is 4. The highest BCUT2D eigenvalue weighted by molar-refractivity contribution is 7.93. The van der Waals surface area contributed by atoms with Gasteiger partial charge in [-0.3, -0.25) is 4.98 Å². The molecule has 28 heavy (non-hydrogen) atoms. The van der Waals surface area contributed by atoms with E-state index in [2.05, 4.69) is 4.98 Å². The molecule has 0 bridgehead atoms. The lowest BCUT2D eigenvalue weighted by molar-refractivity contribution is 0.554. The first-order valence-corrected chi connectivity index (χ1v) is 10.3. The molecule has 4 aromatic rings. The predicted octanol–water partition coefficient (Wildman–Crippen LogP) is 3.75. The maximum absolute atomic E-state index is 13.7. The van der Waals surface area contributed by atoms with E-state index >= 15 is 0 Å². The van der Waals surface area contributed by atoms with Gasteiger partial charge in [0.1, 0.15) is 0 Å². The van der Waals surface area contributed by atoms with Crippen LogP contribution in [-0.4, -0.2) is 13.4 Å². The standard InChI is InChI=1S/C21H16N2O4S/c24-21-22-17-12-11-16(13-20(17)27-21)28(25,26)23-18-7-3-1-5-14(18)9-10-15-6-2-4-8-19(15)23/h1-8,11-13H,9-10H2,(H,22,24). The van der Waals surface area contributed by atoms with Crippen LogP contribution in [-0.2, 0) is 22.9 Å². The molecule has 0 saturated heterocycles. The first-order valence-electron chi connectivity index (χ1n) is 8.88. The van der Waals surface area contributed by atoms with Crippen LogP contribution in [0.25, 0.3) is 11.1 Å². The Morgan fingerprint density at radius 2 is 1.46 bits per heavy atom. The lowest BCUT2D eigenvalue weighted by atomic mass is 10.0. The summed E-state index contributed by atoms with van der Waals surface area (Å²) in [5, 5.41) is 0. The number of nitrogens with zero attached hydrogens (tertiary/aromatic N) is 1. The van der Waals surface area contributed by atoms with E-state index in [0.717, 1.165) is 24.0 Å². The summed E-state index contributed by atoms with van der Waals surface area (Å²) in [7, 11) is -3.94. The monoisotopic (exact) mass is 392 g/mol. The van der Waals surface area contributed by atoms with Crippen LogP contribution in [0.1, 0.15) is 11.1 Å². The molecule has 1 N–H and O–H groups in total. The van der Waals surface area contributed by atoms with Crippen molar-refractivity contribution in [2.75, 3.05) is 4.31 Å². The van der Waals surface area contributed by atoms with Crippen LogP contribution >= 0.6 is 0 Å². The van der Waals surface area contributed by atoms with Gasteiger partial charge in [-0.2, -0.15) is 0 Å². The zero-order valence-corrected chi connectivity index (χ0v) is 15.6. The van der Waals surface area contributed by atoms with Gasteiger partial charge in [-0.05, 0) is 48.2 Å². The van der Waals surface area contributed by atoms with Crippen molar-refractivity contribution < 1.29 is 12.8 Å². The van der Waals surface area contributed by atoms with E-state index in [4.69, 9.17) is 4.42 Å². The normalized spacial score (nSPS) is 13.8. The number of rotatable bonds is 2. The topological polar surface area (TPSA) is 83.4 Å². The lowest BCUT2D eigenvalue weighted by Gasteiger charge is -2.26. The minimum Gasteiger partial charge on any atom is -0.408 e. The van der Waals surface area contributed by atoms with Crippen molar-refractivity contribution in [3.8, 4) is 0 Å². The van der Waals surface area contributed by atoms with Crippen molar-refractivity contribution in [2.24, 2.45) is 0 Å². The summed E-state index contributed by atoms with van der Waals surface area (Å²) in [6.45, 7) is 0. The van der Waals surface area contributed by atoms with Gasteiger partial charge in [0.25, 0.3) is 10.0 Å².